The van der Waals surface area contributed by atoms with Gasteiger partial charge < -0.3 is 15.5 Å². The zero-order valence-corrected chi connectivity index (χ0v) is 14.2. The Hall–Kier alpha value is -0.820. The fraction of sp³-hybridized carbons (Fsp3) is 0.692. The Kier molecular flexibility index (Phi) is 9.61. The maximum atomic E-state index is 12.0. The Balaban J connectivity index is 0.00000200. The van der Waals surface area contributed by atoms with Gasteiger partial charge in [0.25, 0.3) is 0 Å². The van der Waals surface area contributed by atoms with Gasteiger partial charge in [0.2, 0.25) is 5.91 Å². The van der Waals surface area contributed by atoms with Gasteiger partial charge >= 0.3 is 0 Å². The number of likely N-dealkylation sites (N-methyl/N-ethyl adjacent to an activating group) is 1. The minimum absolute atomic E-state index is 0. The van der Waals surface area contributed by atoms with Crippen LogP contribution in [0, 0.1) is 5.92 Å². The van der Waals surface area contributed by atoms with Crippen LogP contribution in [0.2, 0.25) is 0 Å². The topological polar surface area (TPSA) is 62.2 Å². The van der Waals surface area contributed by atoms with Crippen LogP contribution in [0.3, 0.4) is 0 Å². The number of piperidine rings is 1. The number of nitrogens with zero attached hydrogens (tertiary/aromatic N) is 3. The zero-order valence-electron chi connectivity index (χ0n) is 12.5. The van der Waals surface area contributed by atoms with E-state index in [0.29, 0.717) is 5.82 Å². The fourth-order valence-corrected chi connectivity index (χ4v) is 2.16. The summed E-state index contributed by atoms with van der Waals surface area (Å²) in [6, 6.07) is 1.85. The van der Waals surface area contributed by atoms with Crippen molar-refractivity contribution in [2.75, 3.05) is 39.0 Å². The van der Waals surface area contributed by atoms with E-state index >= 15 is 0 Å². The molecule has 2 N–H and O–H groups in total. The molecule has 2 heterocycles. The lowest BCUT2D eigenvalue weighted by atomic mass is 9.99. The number of halogens is 2. The third kappa shape index (κ3) is 6.65. The minimum atomic E-state index is 0. The second kappa shape index (κ2) is 10.00. The fourth-order valence-electron chi connectivity index (χ4n) is 2.16. The summed E-state index contributed by atoms with van der Waals surface area (Å²) >= 11 is 0. The first-order valence-corrected chi connectivity index (χ1v) is 6.85. The molecule has 1 aliphatic rings. The molecule has 6 nitrogen and oxygen atoms in total. The first-order valence-electron chi connectivity index (χ1n) is 6.85. The number of nitrogens with one attached hydrogen (secondary N) is 2. The number of carbonyl (C=O) groups is 1. The highest BCUT2D eigenvalue weighted by Gasteiger charge is 2.21. The lowest BCUT2D eigenvalue weighted by Crippen LogP contribution is -2.37. The van der Waals surface area contributed by atoms with Gasteiger partial charge in [0.15, 0.2) is 5.82 Å². The third-order valence-corrected chi connectivity index (χ3v) is 3.34. The Morgan fingerprint density at radius 2 is 2.29 bits per heavy atom. The Morgan fingerprint density at radius 1 is 1.52 bits per heavy atom. The van der Waals surface area contributed by atoms with Gasteiger partial charge in [0, 0.05) is 25.4 Å². The summed E-state index contributed by atoms with van der Waals surface area (Å²) in [4.78, 5) is 14.1. The summed E-state index contributed by atoms with van der Waals surface area (Å²) in [5.41, 5.74) is 0. The van der Waals surface area contributed by atoms with Crippen LogP contribution in [-0.2, 0) is 11.3 Å². The van der Waals surface area contributed by atoms with E-state index < -0.39 is 0 Å². The van der Waals surface area contributed by atoms with E-state index in [1.807, 2.05) is 31.0 Å². The van der Waals surface area contributed by atoms with Crippen LogP contribution in [0.5, 0.6) is 0 Å². The molecule has 122 valence electrons. The van der Waals surface area contributed by atoms with Crippen molar-refractivity contribution in [2.24, 2.45) is 5.92 Å². The highest BCUT2D eigenvalue weighted by Crippen LogP contribution is 2.12. The summed E-state index contributed by atoms with van der Waals surface area (Å²) in [6.07, 6.45) is 3.92. The summed E-state index contributed by atoms with van der Waals surface area (Å²) in [6.45, 7) is 3.55. The molecule has 1 amide bonds. The third-order valence-electron chi connectivity index (χ3n) is 3.34. The first kappa shape index (κ1) is 20.2. The molecule has 0 radical (unpaired) electrons. The smallest absolute Gasteiger partial charge is 0.229 e. The molecule has 1 aromatic heterocycles. The average Bonchev–Trinajstić information content (AvgIpc) is 2.85. The van der Waals surface area contributed by atoms with E-state index in [0.717, 1.165) is 39.0 Å². The zero-order chi connectivity index (χ0) is 13.7. The van der Waals surface area contributed by atoms with E-state index in [9.17, 15) is 4.79 Å². The number of hydrogen-bond acceptors (Lipinski definition) is 4. The summed E-state index contributed by atoms with van der Waals surface area (Å²) in [7, 11) is 4.06. The van der Waals surface area contributed by atoms with Gasteiger partial charge in [-0.1, -0.05) is 0 Å². The largest absolute Gasteiger partial charge is 0.316 e. The van der Waals surface area contributed by atoms with Gasteiger partial charge in [0.05, 0.1) is 12.5 Å². The van der Waals surface area contributed by atoms with E-state index in [2.05, 4.69) is 20.6 Å². The van der Waals surface area contributed by atoms with Crippen LogP contribution in [0.1, 0.15) is 12.8 Å². The van der Waals surface area contributed by atoms with Crippen molar-refractivity contribution in [1.82, 2.24) is 20.0 Å². The molecule has 21 heavy (non-hydrogen) atoms. The van der Waals surface area contributed by atoms with E-state index in [-0.39, 0.29) is 36.6 Å². The number of rotatable bonds is 5. The maximum Gasteiger partial charge on any atom is 0.229 e. The van der Waals surface area contributed by atoms with Crippen molar-refractivity contribution in [3.63, 3.8) is 0 Å². The SMILES string of the molecule is CN(C)CCn1ccc(NC(=O)C2CCCNC2)n1.Cl.Cl. The summed E-state index contributed by atoms with van der Waals surface area (Å²) in [5.74, 6) is 0.792. The van der Waals surface area contributed by atoms with Gasteiger partial charge in [0.1, 0.15) is 0 Å². The van der Waals surface area contributed by atoms with Gasteiger partial charge in [-0.25, -0.2) is 0 Å². The lowest BCUT2D eigenvalue weighted by Gasteiger charge is -2.21. The number of carbonyl (C=O) groups excluding carboxylic acids is 1. The number of aromatic nitrogens is 2. The molecule has 1 fully saturated rings. The quantitative estimate of drug-likeness (QED) is 0.848. The van der Waals surface area contributed by atoms with Crippen molar-refractivity contribution in [3.05, 3.63) is 12.3 Å². The molecular weight excluding hydrogens is 313 g/mol. The monoisotopic (exact) mass is 337 g/mol. The number of amides is 1. The van der Waals surface area contributed by atoms with Crippen molar-refractivity contribution < 1.29 is 4.79 Å². The normalized spacial score (nSPS) is 17.8. The second-order valence-electron chi connectivity index (χ2n) is 5.30. The standard InChI is InChI=1S/C13H23N5O.2ClH/c1-17(2)8-9-18-7-5-12(16-18)15-13(19)11-4-3-6-14-10-11;;/h5,7,11,14H,3-4,6,8-10H2,1-2H3,(H,15,16,19);2*1H. The van der Waals surface area contributed by atoms with Crippen molar-refractivity contribution in [3.8, 4) is 0 Å². The molecule has 0 aromatic carbocycles. The molecule has 0 aliphatic carbocycles. The predicted molar refractivity (Wildman–Crippen MR) is 89.5 cm³/mol. The molecule has 0 saturated carbocycles. The molecule has 1 aliphatic heterocycles. The Bertz CT molecular complexity index is 418. The highest BCUT2D eigenvalue weighted by atomic mass is 35.5. The minimum Gasteiger partial charge on any atom is -0.316 e. The van der Waals surface area contributed by atoms with Crippen molar-refractivity contribution in [1.29, 1.82) is 0 Å². The van der Waals surface area contributed by atoms with Gasteiger partial charge in [-0.2, -0.15) is 5.10 Å². The molecule has 1 unspecified atom stereocenters. The van der Waals surface area contributed by atoms with Gasteiger partial charge in [-0.05, 0) is 33.5 Å². The lowest BCUT2D eigenvalue weighted by molar-refractivity contribution is -0.120. The van der Waals surface area contributed by atoms with Crippen LogP contribution in [0.4, 0.5) is 5.82 Å². The predicted octanol–water partition coefficient (Wildman–Crippen LogP) is 1.23. The van der Waals surface area contributed by atoms with Crippen LogP contribution >= 0.6 is 24.8 Å². The van der Waals surface area contributed by atoms with Crippen LogP contribution in [0.25, 0.3) is 0 Å². The average molecular weight is 338 g/mol. The van der Waals surface area contributed by atoms with Crippen LogP contribution in [0.15, 0.2) is 12.3 Å². The number of anilines is 1. The first-order chi connectivity index (χ1) is 9.15. The summed E-state index contributed by atoms with van der Waals surface area (Å²) < 4.78 is 1.86. The molecule has 2 rings (SSSR count). The van der Waals surface area contributed by atoms with Crippen molar-refractivity contribution >= 4 is 36.5 Å². The Labute approximate surface area is 138 Å². The van der Waals surface area contributed by atoms with Gasteiger partial charge in [-0.15, -0.1) is 24.8 Å². The van der Waals surface area contributed by atoms with Crippen LogP contribution in [-0.4, -0.2) is 54.3 Å². The molecule has 1 atom stereocenters. The van der Waals surface area contributed by atoms with Crippen LogP contribution < -0.4 is 10.6 Å². The van der Waals surface area contributed by atoms with E-state index in [1.54, 1.807) is 0 Å². The van der Waals surface area contributed by atoms with E-state index in [4.69, 9.17) is 0 Å². The van der Waals surface area contributed by atoms with E-state index in [1.165, 1.54) is 0 Å². The summed E-state index contributed by atoms with van der Waals surface area (Å²) in [5, 5.41) is 10.5. The Morgan fingerprint density at radius 3 is 2.90 bits per heavy atom. The molecule has 0 spiro atoms. The van der Waals surface area contributed by atoms with Gasteiger partial charge in [-0.3, -0.25) is 9.48 Å². The second-order valence-corrected chi connectivity index (χ2v) is 5.30. The molecule has 8 heteroatoms. The molecule has 0 bridgehead atoms. The molecule has 1 aromatic rings. The molecular formula is C13H25Cl2N5O. The molecule has 1 saturated heterocycles. The van der Waals surface area contributed by atoms with Crippen molar-refractivity contribution in [2.45, 2.75) is 19.4 Å². The number of hydrogen-bond donors (Lipinski definition) is 2. The highest BCUT2D eigenvalue weighted by molar-refractivity contribution is 5.91. The maximum absolute atomic E-state index is 12.0.